The van der Waals surface area contributed by atoms with E-state index in [1.807, 2.05) is 37.3 Å². The third-order valence-electron chi connectivity index (χ3n) is 3.01. The molecule has 106 valence electrons. The van der Waals surface area contributed by atoms with Crippen LogP contribution in [0.15, 0.2) is 42.7 Å². The lowest BCUT2D eigenvalue weighted by atomic mass is 10.2. The van der Waals surface area contributed by atoms with Crippen LogP contribution in [0.25, 0.3) is 0 Å². The van der Waals surface area contributed by atoms with Gasteiger partial charge in [0.05, 0.1) is 18.3 Å². The van der Waals surface area contributed by atoms with Gasteiger partial charge >= 0.3 is 0 Å². The van der Waals surface area contributed by atoms with Crippen molar-refractivity contribution >= 4 is 5.91 Å². The van der Waals surface area contributed by atoms with Crippen LogP contribution in [0.4, 0.5) is 0 Å². The van der Waals surface area contributed by atoms with Gasteiger partial charge in [-0.15, -0.1) is 0 Å². The molecule has 2 N–H and O–H groups in total. The van der Waals surface area contributed by atoms with Crippen LogP contribution < -0.4 is 5.32 Å². The third kappa shape index (κ3) is 3.93. The fraction of sp³-hybridized carbons (Fsp3) is 0.333. The average molecular weight is 273 g/mol. The maximum absolute atomic E-state index is 11.9. The molecule has 0 spiro atoms. The molecule has 5 nitrogen and oxygen atoms in total. The van der Waals surface area contributed by atoms with Gasteiger partial charge in [-0.25, -0.2) is 0 Å². The second-order valence-corrected chi connectivity index (χ2v) is 4.91. The third-order valence-corrected chi connectivity index (χ3v) is 3.01. The highest BCUT2D eigenvalue weighted by molar-refractivity contribution is 5.93. The summed E-state index contributed by atoms with van der Waals surface area (Å²) in [4.78, 5) is 11.9. The molecule has 0 aliphatic heterocycles. The van der Waals surface area contributed by atoms with E-state index < -0.39 is 0 Å². The van der Waals surface area contributed by atoms with Crippen molar-refractivity contribution in [2.24, 2.45) is 5.92 Å². The van der Waals surface area contributed by atoms with Gasteiger partial charge in [0.1, 0.15) is 0 Å². The Bertz CT molecular complexity index is 551. The van der Waals surface area contributed by atoms with Gasteiger partial charge in [0, 0.05) is 19.3 Å². The molecule has 2 rings (SSSR count). The van der Waals surface area contributed by atoms with E-state index in [0.717, 1.165) is 5.56 Å². The maximum Gasteiger partial charge on any atom is 0.254 e. The number of nitrogens with zero attached hydrogens (tertiary/aromatic N) is 2. The number of aliphatic hydroxyl groups is 1. The van der Waals surface area contributed by atoms with Gasteiger partial charge in [0.2, 0.25) is 0 Å². The molecule has 1 heterocycles. The fourth-order valence-electron chi connectivity index (χ4n) is 1.77. The van der Waals surface area contributed by atoms with Gasteiger partial charge < -0.3 is 10.4 Å². The Hall–Kier alpha value is -2.14. The molecule has 0 radical (unpaired) electrons. The van der Waals surface area contributed by atoms with Crippen molar-refractivity contribution < 1.29 is 9.90 Å². The van der Waals surface area contributed by atoms with Crippen molar-refractivity contribution in [2.75, 3.05) is 13.2 Å². The molecular formula is C15H19N3O2. The first-order chi connectivity index (χ1) is 9.69. The quantitative estimate of drug-likeness (QED) is 0.833. The number of rotatable bonds is 6. The molecule has 0 bridgehead atoms. The Morgan fingerprint density at radius 2 is 2.15 bits per heavy atom. The minimum Gasteiger partial charge on any atom is -0.396 e. The maximum atomic E-state index is 11.9. The van der Waals surface area contributed by atoms with Gasteiger partial charge in [0.25, 0.3) is 5.91 Å². The van der Waals surface area contributed by atoms with Gasteiger partial charge in [0.15, 0.2) is 0 Å². The van der Waals surface area contributed by atoms with Crippen LogP contribution >= 0.6 is 0 Å². The zero-order valence-electron chi connectivity index (χ0n) is 11.5. The molecule has 0 saturated heterocycles. The highest BCUT2D eigenvalue weighted by Gasteiger charge is 2.09. The zero-order chi connectivity index (χ0) is 14.4. The molecule has 2 aromatic rings. The van der Waals surface area contributed by atoms with Gasteiger partial charge in [-0.3, -0.25) is 9.48 Å². The van der Waals surface area contributed by atoms with E-state index in [2.05, 4.69) is 10.4 Å². The van der Waals surface area contributed by atoms with Crippen LogP contribution in [0.1, 0.15) is 22.8 Å². The summed E-state index contributed by atoms with van der Waals surface area (Å²) in [6, 6.07) is 9.95. The number of aromatic nitrogens is 2. The molecule has 0 aliphatic rings. The van der Waals surface area contributed by atoms with E-state index in [-0.39, 0.29) is 18.4 Å². The second-order valence-electron chi connectivity index (χ2n) is 4.91. The van der Waals surface area contributed by atoms with Crippen molar-refractivity contribution in [2.45, 2.75) is 13.5 Å². The summed E-state index contributed by atoms with van der Waals surface area (Å²) < 4.78 is 1.74. The number of nitrogens with one attached hydrogen (secondary N) is 1. The van der Waals surface area contributed by atoms with E-state index in [1.54, 1.807) is 17.1 Å². The van der Waals surface area contributed by atoms with Crippen molar-refractivity contribution in [3.05, 3.63) is 53.9 Å². The second kappa shape index (κ2) is 6.86. The van der Waals surface area contributed by atoms with Crippen LogP contribution in [0.3, 0.4) is 0 Å². The molecule has 1 unspecified atom stereocenters. The van der Waals surface area contributed by atoms with Crippen LogP contribution in [-0.4, -0.2) is 33.9 Å². The Balaban J connectivity index is 1.93. The normalized spacial score (nSPS) is 12.1. The standard InChI is InChI=1S/C15H19N3O2/c1-12(11-19)7-16-15(20)14-8-17-18(10-14)9-13-5-3-2-4-6-13/h2-6,8,10,12,19H,7,9,11H2,1H3,(H,16,20). The number of carbonyl (C=O) groups excluding carboxylic acids is 1. The molecule has 1 amide bonds. The topological polar surface area (TPSA) is 67.2 Å². The number of benzene rings is 1. The summed E-state index contributed by atoms with van der Waals surface area (Å²) in [5.41, 5.74) is 1.67. The van der Waals surface area contributed by atoms with Gasteiger partial charge in [-0.1, -0.05) is 37.3 Å². The SMILES string of the molecule is CC(CO)CNC(=O)c1cnn(Cc2ccccc2)c1. The van der Waals surface area contributed by atoms with Crippen molar-refractivity contribution in [3.8, 4) is 0 Å². The summed E-state index contributed by atoms with van der Waals surface area (Å²) in [7, 11) is 0. The Labute approximate surface area is 118 Å². The van der Waals surface area contributed by atoms with E-state index in [4.69, 9.17) is 5.11 Å². The van der Waals surface area contributed by atoms with Crippen LogP contribution in [-0.2, 0) is 6.54 Å². The minimum atomic E-state index is -0.162. The Kier molecular flexibility index (Phi) is 4.90. The summed E-state index contributed by atoms with van der Waals surface area (Å²) >= 11 is 0. The lowest BCUT2D eigenvalue weighted by molar-refractivity contribution is 0.0942. The highest BCUT2D eigenvalue weighted by atomic mass is 16.3. The Morgan fingerprint density at radius 1 is 1.40 bits per heavy atom. The number of carbonyl (C=O) groups is 1. The van der Waals surface area contributed by atoms with E-state index >= 15 is 0 Å². The lowest BCUT2D eigenvalue weighted by Gasteiger charge is -2.08. The van der Waals surface area contributed by atoms with Crippen LogP contribution in [0, 0.1) is 5.92 Å². The smallest absolute Gasteiger partial charge is 0.254 e. The fourth-order valence-corrected chi connectivity index (χ4v) is 1.77. The first kappa shape index (κ1) is 14.3. The Morgan fingerprint density at radius 3 is 2.85 bits per heavy atom. The molecule has 0 fully saturated rings. The van der Waals surface area contributed by atoms with Gasteiger partial charge in [-0.2, -0.15) is 5.10 Å². The molecule has 0 aliphatic carbocycles. The van der Waals surface area contributed by atoms with Crippen LogP contribution in [0.5, 0.6) is 0 Å². The van der Waals surface area contributed by atoms with Crippen molar-refractivity contribution in [3.63, 3.8) is 0 Å². The number of hydrogen-bond donors (Lipinski definition) is 2. The van der Waals surface area contributed by atoms with Gasteiger partial charge in [-0.05, 0) is 11.5 Å². The summed E-state index contributed by atoms with van der Waals surface area (Å²) in [5, 5.41) is 15.9. The molecule has 1 aromatic carbocycles. The lowest BCUT2D eigenvalue weighted by Crippen LogP contribution is -2.29. The van der Waals surface area contributed by atoms with Crippen molar-refractivity contribution in [1.29, 1.82) is 0 Å². The predicted molar refractivity (Wildman–Crippen MR) is 76.4 cm³/mol. The zero-order valence-corrected chi connectivity index (χ0v) is 11.5. The largest absolute Gasteiger partial charge is 0.396 e. The van der Waals surface area contributed by atoms with E-state index in [0.29, 0.717) is 18.7 Å². The minimum absolute atomic E-state index is 0.0540. The molecule has 0 saturated carbocycles. The van der Waals surface area contributed by atoms with Crippen molar-refractivity contribution in [1.82, 2.24) is 15.1 Å². The van der Waals surface area contributed by atoms with E-state index in [9.17, 15) is 4.79 Å². The first-order valence-corrected chi connectivity index (χ1v) is 6.64. The molecule has 1 atom stereocenters. The molecule has 20 heavy (non-hydrogen) atoms. The molecule has 1 aromatic heterocycles. The highest BCUT2D eigenvalue weighted by Crippen LogP contribution is 2.04. The molecule has 5 heteroatoms. The van der Waals surface area contributed by atoms with Crippen LogP contribution in [0.2, 0.25) is 0 Å². The summed E-state index contributed by atoms with van der Waals surface area (Å²) in [5.74, 6) is -0.108. The average Bonchev–Trinajstić information content (AvgIpc) is 2.94. The number of amides is 1. The number of aliphatic hydroxyl groups excluding tert-OH is 1. The molecular weight excluding hydrogens is 254 g/mol. The van der Waals surface area contributed by atoms with E-state index in [1.165, 1.54) is 0 Å². The predicted octanol–water partition coefficient (Wildman–Crippen LogP) is 1.29. The first-order valence-electron chi connectivity index (χ1n) is 6.64. The monoisotopic (exact) mass is 273 g/mol. The summed E-state index contributed by atoms with van der Waals surface area (Å²) in [6.45, 7) is 3.03. The summed E-state index contributed by atoms with van der Waals surface area (Å²) in [6.07, 6.45) is 3.29. The number of hydrogen-bond acceptors (Lipinski definition) is 3.